The molecule has 7 heteroatoms. The van der Waals surface area contributed by atoms with Crippen LogP contribution in [0.1, 0.15) is 12.0 Å². The zero-order valence-electron chi connectivity index (χ0n) is 12.1. The second-order valence-electron chi connectivity index (χ2n) is 5.18. The molecule has 2 aromatic rings. The molecule has 2 N–H and O–H groups in total. The van der Waals surface area contributed by atoms with Gasteiger partial charge in [0.1, 0.15) is 0 Å². The zero-order chi connectivity index (χ0) is 15.5. The lowest BCUT2D eigenvalue weighted by Crippen LogP contribution is -2.39. The maximum atomic E-state index is 12.1. The SMILES string of the molecule is Cc1ccc(N2C[C@H](NC(=O)Nc3nccs3)CC2=O)cc1. The number of hydrogen-bond donors (Lipinski definition) is 2. The van der Waals surface area contributed by atoms with E-state index in [2.05, 4.69) is 15.6 Å². The highest BCUT2D eigenvalue weighted by Crippen LogP contribution is 2.22. The van der Waals surface area contributed by atoms with E-state index in [9.17, 15) is 9.59 Å². The smallest absolute Gasteiger partial charge is 0.321 e. The molecule has 3 rings (SSSR count). The fourth-order valence-electron chi connectivity index (χ4n) is 2.38. The molecule has 0 unspecified atom stereocenters. The standard InChI is InChI=1S/C15H16N4O2S/c1-10-2-4-12(5-3-10)19-9-11(8-13(19)20)17-14(21)18-15-16-6-7-22-15/h2-7,11H,8-9H2,1H3,(H2,16,17,18,21)/t11-/m1/s1. The number of hydrogen-bond acceptors (Lipinski definition) is 4. The molecule has 1 atom stereocenters. The van der Waals surface area contributed by atoms with Crippen molar-refractivity contribution in [1.29, 1.82) is 0 Å². The highest BCUT2D eigenvalue weighted by molar-refractivity contribution is 7.13. The molecule has 22 heavy (non-hydrogen) atoms. The van der Waals surface area contributed by atoms with Crippen LogP contribution in [-0.2, 0) is 4.79 Å². The molecule has 1 aliphatic heterocycles. The lowest BCUT2D eigenvalue weighted by atomic mass is 10.2. The fourth-order valence-corrected chi connectivity index (χ4v) is 2.91. The molecule has 0 aliphatic carbocycles. The third-order valence-corrected chi connectivity index (χ3v) is 4.15. The molecule has 1 fully saturated rings. The van der Waals surface area contributed by atoms with Crippen molar-refractivity contribution in [3.63, 3.8) is 0 Å². The molecule has 1 aromatic carbocycles. The second-order valence-corrected chi connectivity index (χ2v) is 6.07. The first-order valence-electron chi connectivity index (χ1n) is 6.96. The van der Waals surface area contributed by atoms with Crippen LogP contribution in [0.4, 0.5) is 15.6 Å². The van der Waals surface area contributed by atoms with Gasteiger partial charge < -0.3 is 10.2 Å². The van der Waals surface area contributed by atoms with Gasteiger partial charge in [0.2, 0.25) is 5.91 Å². The van der Waals surface area contributed by atoms with Crippen molar-refractivity contribution < 1.29 is 9.59 Å². The monoisotopic (exact) mass is 316 g/mol. The summed E-state index contributed by atoms with van der Waals surface area (Å²) < 4.78 is 0. The molecule has 1 saturated heterocycles. The van der Waals surface area contributed by atoms with Gasteiger partial charge in [-0.2, -0.15) is 0 Å². The van der Waals surface area contributed by atoms with E-state index in [0.717, 1.165) is 11.3 Å². The Hall–Kier alpha value is -2.41. The normalized spacial score (nSPS) is 17.6. The van der Waals surface area contributed by atoms with E-state index in [0.29, 0.717) is 18.1 Å². The summed E-state index contributed by atoms with van der Waals surface area (Å²) >= 11 is 1.35. The minimum Gasteiger partial charge on any atom is -0.333 e. The van der Waals surface area contributed by atoms with Gasteiger partial charge in [-0.3, -0.25) is 10.1 Å². The van der Waals surface area contributed by atoms with E-state index >= 15 is 0 Å². The Balaban J connectivity index is 1.59. The van der Waals surface area contributed by atoms with E-state index < -0.39 is 0 Å². The average molecular weight is 316 g/mol. The van der Waals surface area contributed by atoms with Crippen molar-refractivity contribution in [2.45, 2.75) is 19.4 Å². The van der Waals surface area contributed by atoms with Crippen molar-refractivity contribution in [2.24, 2.45) is 0 Å². The third kappa shape index (κ3) is 3.25. The third-order valence-electron chi connectivity index (χ3n) is 3.46. The van der Waals surface area contributed by atoms with Crippen LogP contribution in [0, 0.1) is 6.92 Å². The molecule has 2 heterocycles. The largest absolute Gasteiger partial charge is 0.333 e. The quantitative estimate of drug-likeness (QED) is 0.913. The van der Waals surface area contributed by atoms with Crippen molar-refractivity contribution >= 4 is 34.1 Å². The van der Waals surface area contributed by atoms with Gasteiger partial charge in [-0.15, -0.1) is 11.3 Å². The molecular formula is C15H16N4O2S. The van der Waals surface area contributed by atoms with Crippen LogP contribution in [0.3, 0.4) is 0 Å². The van der Waals surface area contributed by atoms with Crippen molar-refractivity contribution in [1.82, 2.24) is 10.3 Å². The number of carbonyl (C=O) groups is 2. The van der Waals surface area contributed by atoms with Gasteiger partial charge in [-0.25, -0.2) is 9.78 Å². The average Bonchev–Trinajstić information content (AvgIpc) is 3.10. The highest BCUT2D eigenvalue weighted by Gasteiger charge is 2.31. The van der Waals surface area contributed by atoms with Crippen LogP contribution in [0.15, 0.2) is 35.8 Å². The zero-order valence-corrected chi connectivity index (χ0v) is 12.9. The number of urea groups is 1. The predicted octanol–water partition coefficient (Wildman–Crippen LogP) is 2.38. The van der Waals surface area contributed by atoms with Crippen LogP contribution >= 0.6 is 11.3 Å². The Morgan fingerprint density at radius 2 is 2.14 bits per heavy atom. The highest BCUT2D eigenvalue weighted by atomic mass is 32.1. The maximum absolute atomic E-state index is 12.1. The molecule has 0 radical (unpaired) electrons. The summed E-state index contributed by atoms with van der Waals surface area (Å²) in [5.74, 6) is 0.0170. The Kier molecular flexibility index (Phi) is 4.06. The topological polar surface area (TPSA) is 74.3 Å². The van der Waals surface area contributed by atoms with Gasteiger partial charge in [0.05, 0.1) is 6.04 Å². The van der Waals surface area contributed by atoms with E-state index in [1.54, 1.807) is 16.5 Å². The number of nitrogens with one attached hydrogen (secondary N) is 2. The molecule has 6 nitrogen and oxygen atoms in total. The molecule has 3 amide bonds. The van der Waals surface area contributed by atoms with E-state index in [1.807, 2.05) is 31.2 Å². The molecule has 0 bridgehead atoms. The number of aromatic nitrogens is 1. The van der Waals surface area contributed by atoms with Crippen molar-refractivity contribution in [3.8, 4) is 0 Å². The van der Waals surface area contributed by atoms with E-state index in [4.69, 9.17) is 0 Å². The van der Waals surface area contributed by atoms with Crippen molar-refractivity contribution in [3.05, 3.63) is 41.4 Å². The van der Waals surface area contributed by atoms with E-state index in [1.165, 1.54) is 11.3 Å². The summed E-state index contributed by atoms with van der Waals surface area (Å²) in [4.78, 5) is 29.7. The van der Waals surface area contributed by atoms with Gasteiger partial charge in [-0.05, 0) is 19.1 Å². The maximum Gasteiger partial charge on any atom is 0.321 e. The van der Waals surface area contributed by atoms with E-state index in [-0.39, 0.29) is 18.0 Å². The minimum atomic E-state index is -0.335. The Morgan fingerprint density at radius 1 is 1.36 bits per heavy atom. The molecule has 0 saturated carbocycles. The van der Waals surface area contributed by atoms with Gasteiger partial charge in [0, 0.05) is 30.2 Å². The molecule has 1 aromatic heterocycles. The number of amides is 3. The van der Waals surface area contributed by atoms with Gasteiger partial charge in [-0.1, -0.05) is 17.7 Å². The number of benzene rings is 1. The molecule has 0 spiro atoms. The predicted molar refractivity (Wildman–Crippen MR) is 86.2 cm³/mol. The number of rotatable bonds is 3. The minimum absolute atomic E-state index is 0.0170. The van der Waals surface area contributed by atoms with Crippen LogP contribution in [0.2, 0.25) is 0 Å². The summed E-state index contributed by atoms with van der Waals surface area (Å²) in [5, 5.41) is 7.79. The first-order chi connectivity index (χ1) is 10.6. The first kappa shape index (κ1) is 14.5. The van der Waals surface area contributed by atoms with Crippen LogP contribution in [0.5, 0.6) is 0 Å². The second kappa shape index (κ2) is 6.15. The van der Waals surface area contributed by atoms with Crippen LogP contribution < -0.4 is 15.5 Å². The van der Waals surface area contributed by atoms with Crippen molar-refractivity contribution in [2.75, 3.05) is 16.8 Å². The summed E-state index contributed by atoms with van der Waals surface area (Å²) in [6.45, 7) is 2.48. The summed E-state index contributed by atoms with van der Waals surface area (Å²) in [6.07, 6.45) is 1.93. The Bertz CT molecular complexity index is 669. The molecule has 114 valence electrons. The molecule has 1 aliphatic rings. The number of aryl methyl sites for hydroxylation is 1. The van der Waals surface area contributed by atoms with Crippen LogP contribution in [-0.4, -0.2) is 29.5 Å². The summed E-state index contributed by atoms with van der Waals surface area (Å²) in [5.41, 5.74) is 2.01. The lowest BCUT2D eigenvalue weighted by molar-refractivity contribution is -0.117. The van der Waals surface area contributed by atoms with Gasteiger partial charge in [0.15, 0.2) is 5.13 Å². The Labute approximate surface area is 132 Å². The summed E-state index contributed by atoms with van der Waals surface area (Å²) in [6, 6.07) is 7.25. The number of thiazole rings is 1. The van der Waals surface area contributed by atoms with Crippen LogP contribution in [0.25, 0.3) is 0 Å². The number of nitrogens with zero attached hydrogens (tertiary/aromatic N) is 2. The summed E-state index contributed by atoms with van der Waals surface area (Å²) in [7, 11) is 0. The Morgan fingerprint density at radius 3 is 2.82 bits per heavy atom. The number of carbonyl (C=O) groups excluding carboxylic acids is 2. The fraction of sp³-hybridized carbons (Fsp3) is 0.267. The number of anilines is 2. The first-order valence-corrected chi connectivity index (χ1v) is 7.84. The lowest BCUT2D eigenvalue weighted by Gasteiger charge is -2.17. The van der Waals surface area contributed by atoms with Gasteiger partial charge in [0.25, 0.3) is 0 Å². The molecular weight excluding hydrogens is 300 g/mol. The van der Waals surface area contributed by atoms with Gasteiger partial charge >= 0.3 is 6.03 Å².